The van der Waals surface area contributed by atoms with E-state index >= 15 is 0 Å². The summed E-state index contributed by atoms with van der Waals surface area (Å²) >= 11 is 0. The SMILES string of the molecule is CCc1cc(-c2nnn(Cc3ccc(OC)cn3)n2)ccc1S(=O)(=O)NCCO. The van der Waals surface area contributed by atoms with E-state index in [4.69, 9.17) is 9.84 Å². The molecule has 0 saturated carbocycles. The van der Waals surface area contributed by atoms with Crippen LogP contribution in [0.4, 0.5) is 0 Å². The number of nitrogens with zero attached hydrogens (tertiary/aromatic N) is 5. The normalized spacial score (nSPS) is 11.6. The third-order valence-corrected chi connectivity index (χ3v) is 5.74. The van der Waals surface area contributed by atoms with Gasteiger partial charge in [-0.1, -0.05) is 6.92 Å². The fourth-order valence-electron chi connectivity index (χ4n) is 2.71. The number of hydrogen-bond donors (Lipinski definition) is 2. The van der Waals surface area contributed by atoms with Crippen LogP contribution in [0, 0.1) is 0 Å². The molecule has 0 aliphatic carbocycles. The number of aliphatic hydroxyl groups is 1. The molecule has 3 aromatic rings. The van der Waals surface area contributed by atoms with Gasteiger partial charge in [0.05, 0.1) is 30.5 Å². The number of tetrazole rings is 1. The lowest BCUT2D eigenvalue weighted by Gasteiger charge is -2.10. The van der Waals surface area contributed by atoms with E-state index in [0.717, 1.165) is 5.69 Å². The van der Waals surface area contributed by atoms with Gasteiger partial charge in [0, 0.05) is 12.1 Å². The summed E-state index contributed by atoms with van der Waals surface area (Å²) in [5, 5.41) is 21.3. The van der Waals surface area contributed by atoms with Gasteiger partial charge in [0.1, 0.15) is 12.3 Å². The third-order valence-electron chi connectivity index (χ3n) is 4.18. The van der Waals surface area contributed by atoms with Crippen LogP contribution < -0.4 is 9.46 Å². The molecule has 0 radical (unpaired) electrons. The predicted molar refractivity (Wildman–Crippen MR) is 105 cm³/mol. The number of aromatic nitrogens is 5. The zero-order chi connectivity index (χ0) is 20.9. The Labute approximate surface area is 168 Å². The van der Waals surface area contributed by atoms with Crippen molar-refractivity contribution in [3.8, 4) is 17.1 Å². The van der Waals surface area contributed by atoms with E-state index in [9.17, 15) is 8.42 Å². The number of nitrogens with one attached hydrogen (secondary N) is 1. The zero-order valence-corrected chi connectivity index (χ0v) is 16.9. The lowest BCUT2D eigenvalue weighted by molar-refractivity contribution is 0.301. The summed E-state index contributed by atoms with van der Waals surface area (Å²) in [6.07, 6.45) is 2.12. The summed E-state index contributed by atoms with van der Waals surface area (Å²) in [5.74, 6) is 1.05. The average molecular weight is 418 g/mol. The summed E-state index contributed by atoms with van der Waals surface area (Å²) in [5.41, 5.74) is 2.04. The number of benzene rings is 1. The van der Waals surface area contributed by atoms with E-state index in [2.05, 4.69) is 25.1 Å². The van der Waals surface area contributed by atoms with Crippen LogP contribution in [0.3, 0.4) is 0 Å². The summed E-state index contributed by atoms with van der Waals surface area (Å²) in [7, 11) is -2.12. The molecule has 1 aromatic carbocycles. The topological polar surface area (TPSA) is 132 Å². The van der Waals surface area contributed by atoms with Crippen molar-refractivity contribution >= 4 is 10.0 Å². The molecular formula is C18H22N6O4S. The molecule has 0 fully saturated rings. The maximum Gasteiger partial charge on any atom is 0.240 e. The monoisotopic (exact) mass is 418 g/mol. The van der Waals surface area contributed by atoms with Crippen LogP contribution >= 0.6 is 0 Å². The van der Waals surface area contributed by atoms with Crippen molar-refractivity contribution in [2.24, 2.45) is 0 Å². The lowest BCUT2D eigenvalue weighted by atomic mass is 10.1. The van der Waals surface area contributed by atoms with E-state index in [-0.39, 0.29) is 18.0 Å². The van der Waals surface area contributed by atoms with Crippen molar-refractivity contribution < 1.29 is 18.3 Å². The molecule has 0 atom stereocenters. The second-order valence-electron chi connectivity index (χ2n) is 6.13. The molecule has 3 rings (SSSR count). The zero-order valence-electron chi connectivity index (χ0n) is 16.1. The quantitative estimate of drug-likeness (QED) is 0.517. The maximum atomic E-state index is 12.4. The van der Waals surface area contributed by atoms with Crippen LogP contribution in [0.5, 0.6) is 5.75 Å². The molecule has 0 bridgehead atoms. The Morgan fingerprint density at radius 1 is 1.24 bits per heavy atom. The smallest absolute Gasteiger partial charge is 0.240 e. The van der Waals surface area contributed by atoms with Gasteiger partial charge in [-0.2, -0.15) is 4.80 Å². The highest BCUT2D eigenvalue weighted by molar-refractivity contribution is 7.89. The van der Waals surface area contributed by atoms with E-state index < -0.39 is 10.0 Å². The van der Waals surface area contributed by atoms with E-state index in [0.29, 0.717) is 35.7 Å². The van der Waals surface area contributed by atoms with Gasteiger partial charge in [0.15, 0.2) is 0 Å². The first kappa shape index (κ1) is 20.8. The summed E-state index contributed by atoms with van der Waals surface area (Å²) in [6, 6.07) is 8.51. The first-order chi connectivity index (χ1) is 14.0. The van der Waals surface area contributed by atoms with Crippen LogP contribution in [-0.4, -0.2) is 59.0 Å². The average Bonchev–Trinajstić information content (AvgIpc) is 3.21. The number of hydrogen-bond acceptors (Lipinski definition) is 8. The number of rotatable bonds is 9. The molecule has 11 heteroatoms. The molecule has 2 aromatic heterocycles. The Bertz CT molecular complexity index is 1070. The Hall–Kier alpha value is -2.89. The number of pyridine rings is 1. The number of sulfonamides is 1. The highest BCUT2D eigenvalue weighted by atomic mass is 32.2. The lowest BCUT2D eigenvalue weighted by Crippen LogP contribution is -2.27. The first-order valence-electron chi connectivity index (χ1n) is 8.97. The summed E-state index contributed by atoms with van der Waals surface area (Å²) in [6.45, 7) is 1.90. The predicted octanol–water partition coefficient (Wildman–Crippen LogP) is 0.625. The van der Waals surface area contributed by atoms with Gasteiger partial charge in [-0.15, -0.1) is 10.2 Å². The van der Waals surface area contributed by atoms with E-state index in [1.54, 1.807) is 31.5 Å². The van der Waals surface area contributed by atoms with E-state index in [1.807, 2.05) is 13.0 Å². The van der Waals surface area contributed by atoms with Gasteiger partial charge in [-0.25, -0.2) is 13.1 Å². The summed E-state index contributed by atoms with van der Waals surface area (Å²) in [4.78, 5) is 5.87. The number of ether oxygens (including phenoxy) is 1. The Balaban J connectivity index is 1.82. The van der Waals surface area contributed by atoms with Crippen molar-refractivity contribution in [1.82, 2.24) is 29.9 Å². The number of aliphatic hydroxyl groups excluding tert-OH is 1. The molecule has 0 spiro atoms. The number of methoxy groups -OCH3 is 1. The largest absolute Gasteiger partial charge is 0.495 e. The third kappa shape index (κ3) is 4.94. The Morgan fingerprint density at radius 2 is 2.07 bits per heavy atom. The molecule has 0 amide bonds. The molecule has 10 nitrogen and oxygen atoms in total. The van der Waals surface area contributed by atoms with Crippen LogP contribution in [0.1, 0.15) is 18.2 Å². The molecule has 29 heavy (non-hydrogen) atoms. The molecule has 0 unspecified atom stereocenters. The Kier molecular flexibility index (Phi) is 6.52. The minimum atomic E-state index is -3.70. The van der Waals surface area contributed by atoms with Gasteiger partial charge in [0.25, 0.3) is 0 Å². The fraction of sp³-hybridized carbons (Fsp3) is 0.333. The highest BCUT2D eigenvalue weighted by Gasteiger charge is 2.19. The minimum Gasteiger partial charge on any atom is -0.495 e. The fourth-order valence-corrected chi connectivity index (χ4v) is 4.02. The van der Waals surface area contributed by atoms with Crippen LogP contribution in [-0.2, 0) is 23.0 Å². The van der Waals surface area contributed by atoms with Gasteiger partial charge in [-0.3, -0.25) is 4.98 Å². The van der Waals surface area contributed by atoms with Gasteiger partial charge in [-0.05, 0) is 47.5 Å². The molecular weight excluding hydrogens is 396 g/mol. The van der Waals surface area contributed by atoms with Crippen LogP contribution in [0.25, 0.3) is 11.4 Å². The van der Waals surface area contributed by atoms with Crippen molar-refractivity contribution in [1.29, 1.82) is 0 Å². The molecule has 0 aliphatic heterocycles. The Morgan fingerprint density at radius 3 is 2.72 bits per heavy atom. The summed E-state index contributed by atoms with van der Waals surface area (Å²) < 4.78 is 32.2. The van der Waals surface area contributed by atoms with Crippen molar-refractivity contribution in [2.45, 2.75) is 24.8 Å². The second-order valence-corrected chi connectivity index (χ2v) is 7.87. The van der Waals surface area contributed by atoms with Gasteiger partial charge < -0.3 is 9.84 Å². The van der Waals surface area contributed by atoms with Crippen LogP contribution in [0.15, 0.2) is 41.4 Å². The highest BCUT2D eigenvalue weighted by Crippen LogP contribution is 2.23. The van der Waals surface area contributed by atoms with Crippen LogP contribution in [0.2, 0.25) is 0 Å². The molecule has 0 aliphatic rings. The first-order valence-corrected chi connectivity index (χ1v) is 10.5. The minimum absolute atomic E-state index is 0.0392. The maximum absolute atomic E-state index is 12.4. The standard InChI is InChI=1S/C18H22N6O4S/c1-3-13-10-14(4-7-17(13)29(26,27)20-8-9-25)18-21-23-24(22-18)12-15-5-6-16(28-2)11-19-15/h4-7,10-11,20,25H,3,8-9,12H2,1-2H3. The van der Waals surface area contributed by atoms with Gasteiger partial charge in [0.2, 0.25) is 15.8 Å². The van der Waals surface area contributed by atoms with Crippen molar-refractivity contribution in [3.63, 3.8) is 0 Å². The van der Waals surface area contributed by atoms with E-state index in [1.165, 1.54) is 10.9 Å². The molecule has 0 saturated heterocycles. The van der Waals surface area contributed by atoms with Crippen molar-refractivity contribution in [3.05, 3.63) is 47.8 Å². The molecule has 2 heterocycles. The number of aryl methyl sites for hydroxylation is 1. The van der Waals surface area contributed by atoms with Gasteiger partial charge >= 0.3 is 0 Å². The second kappa shape index (κ2) is 9.07. The molecule has 154 valence electrons. The van der Waals surface area contributed by atoms with Crippen molar-refractivity contribution in [2.75, 3.05) is 20.3 Å². The molecule has 2 N–H and O–H groups in total.